The summed E-state index contributed by atoms with van der Waals surface area (Å²) in [4.78, 5) is 0. The van der Waals surface area contributed by atoms with E-state index in [4.69, 9.17) is 0 Å². The zero-order chi connectivity index (χ0) is 13.1. The Balaban J connectivity index is 2.15. The van der Waals surface area contributed by atoms with Gasteiger partial charge in [-0.25, -0.2) is 8.78 Å². The summed E-state index contributed by atoms with van der Waals surface area (Å²) >= 11 is 2.17. The first kappa shape index (κ1) is 13.4. The second kappa shape index (κ2) is 5.75. The number of aliphatic hydroxyl groups excluding tert-OH is 1. The Morgan fingerprint density at radius 3 is 2.33 bits per heavy atom. The van der Waals surface area contributed by atoms with Gasteiger partial charge in [-0.3, -0.25) is 0 Å². The molecular weight excluding hydrogens is 349 g/mol. The van der Waals surface area contributed by atoms with Gasteiger partial charge in [0.25, 0.3) is 0 Å². The molecule has 18 heavy (non-hydrogen) atoms. The maximum atomic E-state index is 13.4. The minimum Gasteiger partial charge on any atom is -0.388 e. The lowest BCUT2D eigenvalue weighted by molar-refractivity contribution is 0.177. The minimum atomic E-state index is -0.790. The van der Waals surface area contributed by atoms with Crippen LogP contribution in [0.25, 0.3) is 0 Å². The Kier molecular flexibility index (Phi) is 4.29. The highest BCUT2D eigenvalue weighted by atomic mass is 127. The van der Waals surface area contributed by atoms with Gasteiger partial charge in [-0.05, 0) is 51.9 Å². The Labute approximate surface area is 118 Å². The van der Waals surface area contributed by atoms with E-state index in [1.165, 1.54) is 12.1 Å². The van der Waals surface area contributed by atoms with E-state index in [9.17, 15) is 13.9 Å². The van der Waals surface area contributed by atoms with Gasteiger partial charge in [0.2, 0.25) is 0 Å². The third-order valence-corrected chi connectivity index (χ3v) is 3.40. The summed E-state index contributed by atoms with van der Waals surface area (Å²) < 4.78 is 27.3. The van der Waals surface area contributed by atoms with E-state index in [1.54, 1.807) is 12.1 Å². The molecule has 1 atom stereocenters. The molecule has 1 N–H and O–H groups in total. The Morgan fingerprint density at radius 1 is 1.06 bits per heavy atom. The predicted octanol–water partition coefficient (Wildman–Crippen LogP) is 3.85. The van der Waals surface area contributed by atoms with Gasteiger partial charge in [0.05, 0.1) is 6.10 Å². The van der Waals surface area contributed by atoms with Crippen molar-refractivity contribution in [1.29, 1.82) is 0 Å². The second-order valence-electron chi connectivity index (χ2n) is 4.01. The molecule has 0 aliphatic rings. The first-order valence-corrected chi connectivity index (χ1v) is 6.51. The summed E-state index contributed by atoms with van der Waals surface area (Å²) in [6.45, 7) is 0. The van der Waals surface area contributed by atoms with Crippen LogP contribution < -0.4 is 0 Å². The molecule has 0 fully saturated rings. The van der Waals surface area contributed by atoms with E-state index >= 15 is 0 Å². The average Bonchev–Trinajstić information content (AvgIpc) is 2.33. The van der Waals surface area contributed by atoms with Crippen molar-refractivity contribution in [3.05, 3.63) is 68.8 Å². The molecule has 0 amide bonds. The molecule has 0 bridgehead atoms. The van der Waals surface area contributed by atoms with Gasteiger partial charge < -0.3 is 5.11 Å². The van der Waals surface area contributed by atoms with Crippen molar-refractivity contribution in [3.63, 3.8) is 0 Å². The van der Waals surface area contributed by atoms with Crippen LogP contribution in [-0.2, 0) is 6.42 Å². The molecule has 94 valence electrons. The van der Waals surface area contributed by atoms with Gasteiger partial charge in [-0.2, -0.15) is 0 Å². The molecule has 2 rings (SSSR count). The molecular formula is C14H11F2IO. The van der Waals surface area contributed by atoms with E-state index in [1.807, 2.05) is 12.1 Å². The monoisotopic (exact) mass is 360 g/mol. The van der Waals surface area contributed by atoms with Crippen molar-refractivity contribution in [3.8, 4) is 0 Å². The second-order valence-corrected chi connectivity index (χ2v) is 5.25. The Hall–Kier alpha value is -1.01. The van der Waals surface area contributed by atoms with Gasteiger partial charge in [-0.1, -0.05) is 18.2 Å². The SMILES string of the molecule is OC(Cc1ccc(F)cc1F)c1ccc(I)cc1. The molecule has 1 unspecified atom stereocenters. The van der Waals surface area contributed by atoms with E-state index in [-0.39, 0.29) is 6.42 Å². The Bertz CT molecular complexity index is 540. The van der Waals surface area contributed by atoms with E-state index in [0.717, 1.165) is 15.2 Å². The van der Waals surface area contributed by atoms with Gasteiger partial charge in [0, 0.05) is 16.1 Å². The highest BCUT2D eigenvalue weighted by Crippen LogP contribution is 2.21. The van der Waals surface area contributed by atoms with Crippen molar-refractivity contribution in [2.45, 2.75) is 12.5 Å². The van der Waals surface area contributed by atoms with Gasteiger partial charge in [0.1, 0.15) is 11.6 Å². The topological polar surface area (TPSA) is 20.2 Å². The fraction of sp³-hybridized carbons (Fsp3) is 0.143. The fourth-order valence-corrected chi connectivity index (χ4v) is 2.06. The zero-order valence-electron chi connectivity index (χ0n) is 9.41. The molecule has 0 aromatic heterocycles. The molecule has 0 saturated carbocycles. The number of halogens is 3. The lowest BCUT2D eigenvalue weighted by Gasteiger charge is -2.11. The van der Waals surface area contributed by atoms with Gasteiger partial charge in [0.15, 0.2) is 0 Å². The maximum absolute atomic E-state index is 13.4. The van der Waals surface area contributed by atoms with Crippen LogP contribution in [0.1, 0.15) is 17.2 Å². The van der Waals surface area contributed by atoms with Crippen LogP contribution in [0, 0.1) is 15.2 Å². The first-order valence-electron chi connectivity index (χ1n) is 5.44. The maximum Gasteiger partial charge on any atom is 0.129 e. The molecule has 0 aliphatic heterocycles. The van der Waals surface area contributed by atoms with Crippen molar-refractivity contribution in [2.75, 3.05) is 0 Å². The summed E-state index contributed by atoms with van der Waals surface area (Å²) in [6.07, 6.45) is -0.658. The van der Waals surface area contributed by atoms with Crippen LogP contribution in [0.5, 0.6) is 0 Å². The summed E-state index contributed by atoms with van der Waals surface area (Å²) in [5.41, 5.74) is 1.03. The summed E-state index contributed by atoms with van der Waals surface area (Å²) in [5.74, 6) is -1.24. The lowest BCUT2D eigenvalue weighted by atomic mass is 10.0. The molecule has 0 saturated heterocycles. The number of rotatable bonds is 3. The van der Waals surface area contributed by atoms with Crippen LogP contribution in [-0.4, -0.2) is 5.11 Å². The van der Waals surface area contributed by atoms with E-state index in [0.29, 0.717) is 5.56 Å². The third-order valence-electron chi connectivity index (χ3n) is 2.68. The van der Waals surface area contributed by atoms with Crippen LogP contribution in [0.4, 0.5) is 8.78 Å². The standard InChI is InChI=1S/C14H11F2IO/c15-11-4-1-10(13(16)8-11)7-14(18)9-2-5-12(17)6-3-9/h1-6,8,14,18H,7H2. The van der Waals surface area contributed by atoms with Crippen LogP contribution >= 0.6 is 22.6 Å². The number of hydrogen-bond acceptors (Lipinski definition) is 1. The van der Waals surface area contributed by atoms with Crippen molar-refractivity contribution >= 4 is 22.6 Å². The van der Waals surface area contributed by atoms with E-state index in [2.05, 4.69) is 22.6 Å². The molecule has 2 aromatic carbocycles. The predicted molar refractivity (Wildman–Crippen MR) is 74.2 cm³/mol. The molecule has 0 aliphatic carbocycles. The minimum absolute atomic E-state index is 0.132. The highest BCUT2D eigenvalue weighted by Gasteiger charge is 2.12. The number of hydrogen-bond donors (Lipinski definition) is 1. The van der Waals surface area contributed by atoms with Crippen LogP contribution in [0.15, 0.2) is 42.5 Å². The van der Waals surface area contributed by atoms with Crippen LogP contribution in [0.2, 0.25) is 0 Å². The molecule has 2 aromatic rings. The Morgan fingerprint density at radius 2 is 1.72 bits per heavy atom. The molecule has 0 spiro atoms. The normalized spacial score (nSPS) is 12.4. The van der Waals surface area contributed by atoms with E-state index < -0.39 is 17.7 Å². The summed E-state index contributed by atoms with van der Waals surface area (Å²) in [5, 5.41) is 10.00. The van der Waals surface area contributed by atoms with Crippen molar-refractivity contribution < 1.29 is 13.9 Å². The third kappa shape index (κ3) is 3.26. The number of benzene rings is 2. The smallest absolute Gasteiger partial charge is 0.129 e. The summed E-state index contributed by atoms with van der Waals surface area (Å²) in [7, 11) is 0. The average molecular weight is 360 g/mol. The fourth-order valence-electron chi connectivity index (χ4n) is 1.70. The number of aliphatic hydroxyl groups is 1. The van der Waals surface area contributed by atoms with Gasteiger partial charge >= 0.3 is 0 Å². The molecule has 0 radical (unpaired) electrons. The quantitative estimate of drug-likeness (QED) is 0.825. The first-order chi connectivity index (χ1) is 8.56. The zero-order valence-corrected chi connectivity index (χ0v) is 11.6. The lowest BCUT2D eigenvalue weighted by Crippen LogP contribution is -2.03. The largest absolute Gasteiger partial charge is 0.388 e. The van der Waals surface area contributed by atoms with Crippen LogP contribution in [0.3, 0.4) is 0 Å². The van der Waals surface area contributed by atoms with Gasteiger partial charge in [-0.15, -0.1) is 0 Å². The van der Waals surface area contributed by atoms with Crippen molar-refractivity contribution in [1.82, 2.24) is 0 Å². The summed E-state index contributed by atoms with van der Waals surface area (Å²) in [6, 6.07) is 10.7. The molecule has 4 heteroatoms. The van der Waals surface area contributed by atoms with Crippen molar-refractivity contribution in [2.24, 2.45) is 0 Å². The highest BCUT2D eigenvalue weighted by molar-refractivity contribution is 14.1. The molecule has 0 heterocycles. The molecule has 1 nitrogen and oxygen atoms in total.